The molecule has 0 saturated heterocycles. The third-order valence-electron chi connectivity index (χ3n) is 5.45. The number of hydrogen-bond acceptors (Lipinski definition) is 6. The Balaban J connectivity index is 1.57. The molecule has 2 aromatic carbocycles. The van der Waals surface area contributed by atoms with Crippen LogP contribution in [0.25, 0.3) is 6.08 Å². The van der Waals surface area contributed by atoms with E-state index in [0.717, 1.165) is 34.6 Å². The van der Waals surface area contributed by atoms with Crippen molar-refractivity contribution in [3.63, 3.8) is 0 Å². The van der Waals surface area contributed by atoms with Crippen molar-refractivity contribution in [2.75, 3.05) is 12.4 Å². The van der Waals surface area contributed by atoms with Crippen molar-refractivity contribution in [1.29, 1.82) is 0 Å². The number of nitrogens with zero attached hydrogens (tertiary/aromatic N) is 2. The molecule has 1 atom stereocenters. The summed E-state index contributed by atoms with van der Waals surface area (Å²) < 4.78 is 33.0. The van der Waals surface area contributed by atoms with Gasteiger partial charge in [-0.05, 0) is 60.9 Å². The van der Waals surface area contributed by atoms with E-state index in [0.29, 0.717) is 11.4 Å². The summed E-state index contributed by atoms with van der Waals surface area (Å²) in [6, 6.07) is 18.2. The highest BCUT2D eigenvalue weighted by atomic mass is 32.2. The van der Waals surface area contributed by atoms with Crippen molar-refractivity contribution in [2.45, 2.75) is 30.4 Å². The average molecular weight is 479 g/mol. The summed E-state index contributed by atoms with van der Waals surface area (Å²) in [4.78, 5) is 9.04. The normalized spacial score (nSPS) is 15.6. The molecular formula is C26H26N2O3S2. The Bertz CT molecular complexity index is 1250. The van der Waals surface area contributed by atoms with Gasteiger partial charge in [0.1, 0.15) is 17.6 Å². The number of thioether (sulfide) groups is 1. The maximum Gasteiger partial charge on any atom is 0.190 e. The fourth-order valence-corrected chi connectivity index (χ4v) is 5.59. The molecule has 7 heteroatoms. The molecule has 4 rings (SSSR count). The lowest BCUT2D eigenvalue weighted by atomic mass is 10.2. The average Bonchev–Trinajstić information content (AvgIpc) is 3.34. The summed E-state index contributed by atoms with van der Waals surface area (Å²) in [7, 11) is -3.70. The van der Waals surface area contributed by atoms with E-state index >= 15 is 0 Å². The Labute approximate surface area is 199 Å². The predicted molar refractivity (Wildman–Crippen MR) is 136 cm³/mol. The number of rotatable bonds is 8. The van der Waals surface area contributed by atoms with Gasteiger partial charge in [-0.1, -0.05) is 42.8 Å². The second-order valence-electron chi connectivity index (χ2n) is 7.85. The van der Waals surface area contributed by atoms with Crippen molar-refractivity contribution in [2.24, 2.45) is 4.99 Å². The lowest BCUT2D eigenvalue weighted by molar-refractivity contribution is 0.312. The summed E-state index contributed by atoms with van der Waals surface area (Å²) in [5.74, 6) is 1.48. The molecule has 1 aliphatic rings. The van der Waals surface area contributed by atoms with Crippen LogP contribution in [0, 0.1) is 6.92 Å². The molecule has 2 heterocycles. The zero-order valence-corrected chi connectivity index (χ0v) is 20.3. The van der Waals surface area contributed by atoms with Crippen LogP contribution in [0.15, 0.2) is 82.4 Å². The predicted octanol–water partition coefficient (Wildman–Crippen LogP) is 5.66. The SMILES string of the molecule is CCc1ccc(C(COc2ccc(C=C3CSC=N3)cc2)S(=O)(=O)c2ccc(C)cc2)nc1. The van der Waals surface area contributed by atoms with Crippen LogP contribution in [0.3, 0.4) is 0 Å². The smallest absolute Gasteiger partial charge is 0.190 e. The molecule has 0 saturated carbocycles. The number of pyridine rings is 1. The number of aliphatic imine (C=N–C) groups is 1. The largest absolute Gasteiger partial charge is 0.492 e. The first-order chi connectivity index (χ1) is 16.0. The summed E-state index contributed by atoms with van der Waals surface area (Å²) in [6.45, 7) is 3.94. The third kappa shape index (κ3) is 5.72. The molecule has 1 unspecified atom stereocenters. The summed E-state index contributed by atoms with van der Waals surface area (Å²) in [5.41, 5.74) is 6.44. The van der Waals surface area contributed by atoms with Crippen LogP contribution in [0.1, 0.15) is 34.6 Å². The van der Waals surface area contributed by atoms with Crippen LogP contribution in [-0.4, -0.2) is 31.3 Å². The first-order valence-electron chi connectivity index (χ1n) is 10.8. The molecule has 3 aromatic rings. The Morgan fingerprint density at radius 3 is 2.42 bits per heavy atom. The second-order valence-corrected chi connectivity index (χ2v) is 10.8. The van der Waals surface area contributed by atoms with E-state index in [4.69, 9.17) is 4.74 Å². The van der Waals surface area contributed by atoms with Gasteiger partial charge in [-0.25, -0.2) is 8.42 Å². The highest BCUT2D eigenvalue weighted by Crippen LogP contribution is 2.29. The number of sulfone groups is 1. The van der Waals surface area contributed by atoms with Gasteiger partial charge >= 0.3 is 0 Å². The first kappa shape index (κ1) is 23.3. The Morgan fingerprint density at radius 1 is 1.06 bits per heavy atom. The number of ether oxygens (including phenoxy) is 1. The van der Waals surface area contributed by atoms with Gasteiger partial charge in [0.05, 0.1) is 21.8 Å². The zero-order valence-electron chi connectivity index (χ0n) is 18.6. The van der Waals surface area contributed by atoms with Gasteiger partial charge in [0, 0.05) is 11.9 Å². The molecule has 0 amide bonds. The van der Waals surface area contributed by atoms with E-state index in [2.05, 4.69) is 9.98 Å². The quantitative estimate of drug-likeness (QED) is 0.418. The highest BCUT2D eigenvalue weighted by Gasteiger charge is 2.31. The fourth-order valence-electron chi connectivity index (χ4n) is 3.43. The molecule has 0 aliphatic carbocycles. The van der Waals surface area contributed by atoms with Crippen molar-refractivity contribution in [1.82, 2.24) is 4.98 Å². The van der Waals surface area contributed by atoms with Crippen LogP contribution in [0.2, 0.25) is 0 Å². The molecule has 0 fully saturated rings. The lowest BCUT2D eigenvalue weighted by Gasteiger charge is -2.19. The topological polar surface area (TPSA) is 68.6 Å². The lowest BCUT2D eigenvalue weighted by Crippen LogP contribution is -2.22. The highest BCUT2D eigenvalue weighted by molar-refractivity contribution is 8.12. The van der Waals surface area contributed by atoms with E-state index in [-0.39, 0.29) is 11.5 Å². The van der Waals surface area contributed by atoms with Gasteiger partial charge < -0.3 is 4.74 Å². The first-order valence-corrected chi connectivity index (χ1v) is 13.4. The summed E-state index contributed by atoms with van der Waals surface area (Å²) >= 11 is 1.67. The van der Waals surface area contributed by atoms with E-state index < -0.39 is 15.1 Å². The van der Waals surface area contributed by atoms with E-state index in [1.165, 1.54) is 0 Å². The Kier molecular flexibility index (Phi) is 7.30. The van der Waals surface area contributed by atoms with Gasteiger partial charge in [0.25, 0.3) is 0 Å². The second kappa shape index (κ2) is 10.4. The van der Waals surface area contributed by atoms with E-state index in [1.54, 1.807) is 48.3 Å². The summed E-state index contributed by atoms with van der Waals surface area (Å²) in [6.07, 6.45) is 4.61. The molecular weight excluding hydrogens is 452 g/mol. The third-order valence-corrected chi connectivity index (χ3v) is 8.22. The molecule has 33 heavy (non-hydrogen) atoms. The van der Waals surface area contributed by atoms with Gasteiger partial charge in [-0.3, -0.25) is 9.98 Å². The number of benzene rings is 2. The van der Waals surface area contributed by atoms with E-state index in [1.807, 2.05) is 55.8 Å². The van der Waals surface area contributed by atoms with Crippen molar-refractivity contribution in [3.05, 3.63) is 94.9 Å². The molecule has 1 aliphatic heterocycles. The molecule has 0 N–H and O–H groups in total. The van der Waals surface area contributed by atoms with E-state index in [9.17, 15) is 8.42 Å². The minimum absolute atomic E-state index is 0.0317. The monoisotopic (exact) mass is 478 g/mol. The molecule has 0 spiro atoms. The van der Waals surface area contributed by atoms with Crippen molar-refractivity contribution in [3.8, 4) is 5.75 Å². The van der Waals surface area contributed by atoms with Crippen molar-refractivity contribution < 1.29 is 13.2 Å². The van der Waals surface area contributed by atoms with Gasteiger partial charge in [0.2, 0.25) is 0 Å². The van der Waals surface area contributed by atoms with Crippen molar-refractivity contribution >= 4 is 33.2 Å². The molecule has 0 radical (unpaired) electrons. The minimum atomic E-state index is -3.70. The standard InChI is InChI=1S/C26H26N2O3S2/c1-3-20-8-13-25(27-15-20)26(33(29,30)24-11-4-19(2)5-12-24)16-31-23-9-6-21(7-10-23)14-22-17-32-18-28-22/h4-15,18,26H,3,16-17H2,1-2H3. The maximum absolute atomic E-state index is 13.5. The molecule has 1 aromatic heterocycles. The van der Waals surface area contributed by atoms with Gasteiger partial charge in [-0.2, -0.15) is 0 Å². The Hall–Kier alpha value is -2.90. The van der Waals surface area contributed by atoms with Crippen LogP contribution < -0.4 is 4.74 Å². The van der Waals surface area contributed by atoms with Crippen LogP contribution in [-0.2, 0) is 16.3 Å². The van der Waals surface area contributed by atoms with Crippen LogP contribution in [0.4, 0.5) is 0 Å². The number of hydrogen-bond donors (Lipinski definition) is 0. The summed E-state index contributed by atoms with van der Waals surface area (Å²) in [5, 5.41) is -0.919. The van der Waals surface area contributed by atoms with Gasteiger partial charge in [0.15, 0.2) is 9.84 Å². The van der Waals surface area contributed by atoms with Crippen LogP contribution >= 0.6 is 11.8 Å². The zero-order chi connectivity index (χ0) is 23.3. The number of aromatic nitrogens is 1. The maximum atomic E-state index is 13.5. The minimum Gasteiger partial charge on any atom is -0.492 e. The Morgan fingerprint density at radius 2 is 1.82 bits per heavy atom. The molecule has 5 nitrogen and oxygen atoms in total. The molecule has 0 bridgehead atoms. The fraction of sp³-hybridized carbons (Fsp3) is 0.231. The number of aryl methyl sites for hydroxylation is 2. The van der Waals surface area contributed by atoms with Gasteiger partial charge in [-0.15, -0.1) is 11.8 Å². The van der Waals surface area contributed by atoms with Crippen LogP contribution in [0.5, 0.6) is 5.75 Å². The molecule has 170 valence electrons.